The van der Waals surface area contributed by atoms with Crippen LogP contribution in [0.25, 0.3) is 0 Å². The molecule has 0 bridgehead atoms. The Labute approximate surface area is 144 Å². The van der Waals surface area contributed by atoms with Gasteiger partial charge in [-0.15, -0.1) is 5.11 Å². The molecule has 0 saturated heterocycles. The van der Waals surface area contributed by atoms with Gasteiger partial charge in [0.1, 0.15) is 5.69 Å². The second-order valence-electron chi connectivity index (χ2n) is 5.64. The third-order valence-corrected chi connectivity index (χ3v) is 3.82. The van der Waals surface area contributed by atoms with E-state index in [-0.39, 0.29) is 5.69 Å². The molecule has 25 heavy (non-hydrogen) atoms. The fourth-order valence-electron chi connectivity index (χ4n) is 2.52. The maximum atomic E-state index is 10.8. The standard InChI is InChI=1S/C18H17N5O2/c1-13-18(20-19-16-9-6-10-17(11-16)23(24)25)14(2)22(21-13)12-15-7-4-3-5-8-15/h3-11H,12H2,1-2H3. The number of nitrogens with zero attached hydrogens (tertiary/aromatic N) is 5. The lowest BCUT2D eigenvalue weighted by atomic mass is 10.2. The van der Waals surface area contributed by atoms with E-state index in [0.717, 1.165) is 17.0 Å². The zero-order valence-corrected chi connectivity index (χ0v) is 14.0. The van der Waals surface area contributed by atoms with Crippen molar-refractivity contribution in [2.75, 3.05) is 0 Å². The van der Waals surface area contributed by atoms with E-state index < -0.39 is 4.92 Å². The zero-order chi connectivity index (χ0) is 17.8. The highest BCUT2D eigenvalue weighted by atomic mass is 16.6. The van der Waals surface area contributed by atoms with E-state index >= 15 is 0 Å². The average Bonchev–Trinajstić information content (AvgIpc) is 2.87. The van der Waals surface area contributed by atoms with Gasteiger partial charge in [0.2, 0.25) is 0 Å². The van der Waals surface area contributed by atoms with E-state index in [4.69, 9.17) is 0 Å². The molecular formula is C18H17N5O2. The molecule has 0 saturated carbocycles. The number of azo groups is 1. The molecule has 0 fully saturated rings. The van der Waals surface area contributed by atoms with Crippen molar-refractivity contribution in [3.8, 4) is 0 Å². The lowest BCUT2D eigenvalue weighted by Gasteiger charge is -2.04. The third kappa shape index (κ3) is 3.77. The monoisotopic (exact) mass is 335 g/mol. The number of nitro benzene ring substituents is 1. The minimum Gasteiger partial charge on any atom is -0.263 e. The van der Waals surface area contributed by atoms with Crippen LogP contribution in [-0.4, -0.2) is 14.7 Å². The first-order valence-electron chi connectivity index (χ1n) is 7.79. The summed E-state index contributed by atoms with van der Waals surface area (Å²) in [7, 11) is 0. The van der Waals surface area contributed by atoms with Crippen molar-refractivity contribution in [1.82, 2.24) is 9.78 Å². The van der Waals surface area contributed by atoms with E-state index in [2.05, 4.69) is 15.3 Å². The van der Waals surface area contributed by atoms with E-state index in [1.54, 1.807) is 12.1 Å². The number of benzene rings is 2. The predicted molar refractivity (Wildman–Crippen MR) is 94.5 cm³/mol. The van der Waals surface area contributed by atoms with Gasteiger partial charge in [-0.05, 0) is 25.5 Å². The Balaban J connectivity index is 1.86. The molecule has 1 heterocycles. The van der Waals surface area contributed by atoms with Crippen LogP contribution in [0.15, 0.2) is 64.8 Å². The summed E-state index contributed by atoms with van der Waals surface area (Å²) in [6, 6.07) is 16.1. The van der Waals surface area contributed by atoms with Gasteiger partial charge in [-0.2, -0.15) is 10.2 Å². The number of hydrogen-bond acceptors (Lipinski definition) is 5. The van der Waals surface area contributed by atoms with Gasteiger partial charge in [-0.1, -0.05) is 36.4 Å². The van der Waals surface area contributed by atoms with E-state index in [1.165, 1.54) is 12.1 Å². The van der Waals surface area contributed by atoms with Crippen LogP contribution < -0.4 is 0 Å². The zero-order valence-electron chi connectivity index (χ0n) is 14.0. The van der Waals surface area contributed by atoms with E-state index in [0.29, 0.717) is 17.9 Å². The molecule has 0 radical (unpaired) electrons. The van der Waals surface area contributed by atoms with Crippen molar-refractivity contribution >= 4 is 17.1 Å². The topological polar surface area (TPSA) is 85.7 Å². The van der Waals surface area contributed by atoms with Crippen LogP contribution in [0.2, 0.25) is 0 Å². The summed E-state index contributed by atoms with van der Waals surface area (Å²) in [5.41, 5.74) is 3.92. The first-order valence-corrected chi connectivity index (χ1v) is 7.79. The molecule has 0 atom stereocenters. The van der Waals surface area contributed by atoms with E-state index in [9.17, 15) is 10.1 Å². The number of aryl methyl sites for hydroxylation is 1. The molecule has 3 aromatic rings. The van der Waals surface area contributed by atoms with Crippen LogP contribution in [0.5, 0.6) is 0 Å². The number of non-ortho nitro benzene ring substituents is 1. The molecule has 1 aromatic heterocycles. The molecule has 0 unspecified atom stereocenters. The quantitative estimate of drug-likeness (QED) is 0.378. The van der Waals surface area contributed by atoms with Crippen molar-refractivity contribution < 1.29 is 4.92 Å². The SMILES string of the molecule is Cc1nn(Cc2ccccc2)c(C)c1N=Nc1cccc([N+](=O)[O-])c1. The molecule has 126 valence electrons. The van der Waals surface area contributed by atoms with Crippen LogP contribution >= 0.6 is 0 Å². The van der Waals surface area contributed by atoms with Gasteiger partial charge in [0, 0.05) is 12.1 Å². The van der Waals surface area contributed by atoms with Gasteiger partial charge >= 0.3 is 0 Å². The lowest BCUT2D eigenvalue weighted by molar-refractivity contribution is -0.384. The van der Waals surface area contributed by atoms with Crippen molar-refractivity contribution in [3.05, 3.63) is 81.7 Å². The minimum atomic E-state index is -0.451. The summed E-state index contributed by atoms with van der Waals surface area (Å²) >= 11 is 0. The van der Waals surface area contributed by atoms with Crippen LogP contribution in [-0.2, 0) is 6.54 Å². The maximum Gasteiger partial charge on any atom is 0.271 e. The molecule has 7 nitrogen and oxygen atoms in total. The predicted octanol–water partition coefficient (Wildman–Crippen LogP) is 4.87. The van der Waals surface area contributed by atoms with Gasteiger partial charge in [0.05, 0.1) is 28.5 Å². The second kappa shape index (κ2) is 7.04. The first-order chi connectivity index (χ1) is 12.0. The van der Waals surface area contributed by atoms with Crippen LogP contribution in [0.1, 0.15) is 17.0 Å². The molecule has 0 aliphatic rings. The molecule has 0 aliphatic carbocycles. The van der Waals surface area contributed by atoms with Gasteiger partial charge in [-0.3, -0.25) is 14.8 Å². The number of nitro groups is 1. The fraction of sp³-hybridized carbons (Fsp3) is 0.167. The Morgan fingerprint density at radius 3 is 2.56 bits per heavy atom. The lowest BCUT2D eigenvalue weighted by Crippen LogP contribution is -2.03. The average molecular weight is 335 g/mol. The largest absolute Gasteiger partial charge is 0.271 e. The Morgan fingerprint density at radius 2 is 1.84 bits per heavy atom. The molecule has 0 amide bonds. The molecule has 0 N–H and O–H groups in total. The molecule has 0 spiro atoms. The molecular weight excluding hydrogens is 318 g/mol. The Hall–Kier alpha value is -3.35. The normalized spacial score (nSPS) is 11.1. The highest BCUT2D eigenvalue weighted by molar-refractivity contribution is 5.49. The summed E-state index contributed by atoms with van der Waals surface area (Å²) in [6.45, 7) is 4.46. The number of hydrogen-bond donors (Lipinski definition) is 0. The Morgan fingerprint density at radius 1 is 1.08 bits per heavy atom. The fourth-order valence-corrected chi connectivity index (χ4v) is 2.52. The van der Waals surface area contributed by atoms with Gasteiger partial charge in [-0.25, -0.2) is 0 Å². The Kier molecular flexibility index (Phi) is 4.65. The van der Waals surface area contributed by atoms with Crippen molar-refractivity contribution in [3.63, 3.8) is 0 Å². The van der Waals surface area contributed by atoms with E-state index in [1.807, 2.05) is 48.9 Å². The second-order valence-corrected chi connectivity index (χ2v) is 5.64. The summed E-state index contributed by atoms with van der Waals surface area (Å²) in [6.07, 6.45) is 0. The Bertz CT molecular complexity index is 932. The summed E-state index contributed by atoms with van der Waals surface area (Å²) in [4.78, 5) is 10.4. The molecule has 7 heteroatoms. The molecule has 2 aromatic carbocycles. The number of rotatable bonds is 5. The summed E-state index contributed by atoms with van der Waals surface area (Å²) in [5.74, 6) is 0. The summed E-state index contributed by atoms with van der Waals surface area (Å²) < 4.78 is 1.88. The van der Waals surface area contributed by atoms with Crippen LogP contribution in [0, 0.1) is 24.0 Å². The number of aromatic nitrogens is 2. The van der Waals surface area contributed by atoms with Crippen LogP contribution in [0.3, 0.4) is 0 Å². The molecule has 0 aliphatic heterocycles. The summed E-state index contributed by atoms with van der Waals surface area (Å²) in [5, 5.41) is 23.7. The van der Waals surface area contributed by atoms with Gasteiger partial charge < -0.3 is 0 Å². The van der Waals surface area contributed by atoms with Crippen molar-refractivity contribution in [1.29, 1.82) is 0 Å². The van der Waals surface area contributed by atoms with Crippen molar-refractivity contribution in [2.45, 2.75) is 20.4 Å². The maximum absolute atomic E-state index is 10.8. The van der Waals surface area contributed by atoms with Gasteiger partial charge in [0.15, 0.2) is 0 Å². The molecule has 3 rings (SSSR count). The van der Waals surface area contributed by atoms with Crippen LogP contribution in [0.4, 0.5) is 17.1 Å². The van der Waals surface area contributed by atoms with Crippen molar-refractivity contribution in [2.24, 2.45) is 10.2 Å². The smallest absolute Gasteiger partial charge is 0.263 e. The highest BCUT2D eigenvalue weighted by Gasteiger charge is 2.12. The minimum absolute atomic E-state index is 0.00957. The first kappa shape index (κ1) is 16.5. The highest BCUT2D eigenvalue weighted by Crippen LogP contribution is 2.27. The van der Waals surface area contributed by atoms with Gasteiger partial charge in [0.25, 0.3) is 5.69 Å². The third-order valence-electron chi connectivity index (χ3n) is 3.82.